The third-order valence-electron chi connectivity index (χ3n) is 2.98. The van der Waals surface area contributed by atoms with Crippen LogP contribution in [0.2, 0.25) is 0 Å². The molecule has 6 heteroatoms. The summed E-state index contributed by atoms with van der Waals surface area (Å²) in [6.45, 7) is 7.11. The lowest BCUT2D eigenvalue weighted by molar-refractivity contribution is 0.0569. The summed E-state index contributed by atoms with van der Waals surface area (Å²) in [6, 6.07) is 0. The zero-order valence-corrected chi connectivity index (χ0v) is 12.4. The van der Waals surface area contributed by atoms with Crippen molar-refractivity contribution in [2.75, 3.05) is 0 Å². The monoisotopic (exact) mass is 277 g/mol. The van der Waals surface area contributed by atoms with Crippen molar-refractivity contribution < 1.29 is 17.9 Å². The van der Waals surface area contributed by atoms with E-state index in [-0.39, 0.29) is 0 Å². The fourth-order valence-corrected chi connectivity index (χ4v) is 3.34. The third kappa shape index (κ3) is 3.86. The Hall–Kier alpha value is -0.780. The predicted molar refractivity (Wildman–Crippen MR) is 69.8 cm³/mol. The molecule has 1 rings (SSSR count). The van der Waals surface area contributed by atoms with Crippen molar-refractivity contribution in [1.29, 1.82) is 0 Å². The van der Waals surface area contributed by atoms with E-state index in [4.69, 9.17) is 4.74 Å². The van der Waals surface area contributed by atoms with E-state index in [1.165, 1.54) is 0 Å². The molecule has 1 N–H and O–H groups in total. The Morgan fingerprint density at radius 1 is 1.33 bits per heavy atom. The van der Waals surface area contributed by atoms with Gasteiger partial charge in [-0.15, -0.1) is 0 Å². The maximum absolute atomic E-state index is 12.1. The number of sulfonamides is 1. The minimum Gasteiger partial charge on any atom is -0.443 e. The summed E-state index contributed by atoms with van der Waals surface area (Å²) in [7, 11) is -3.62. The topological polar surface area (TPSA) is 72.5 Å². The van der Waals surface area contributed by atoms with Crippen LogP contribution in [0.15, 0.2) is 0 Å². The largest absolute Gasteiger partial charge is 0.443 e. The second-order valence-corrected chi connectivity index (χ2v) is 7.97. The summed E-state index contributed by atoms with van der Waals surface area (Å²) in [5.41, 5.74) is -0.695. The standard InChI is InChI=1S/C12H23NO4S/c1-5-6-7-12(8-9-12)18(15,16)13-10(14)17-11(2,3)4/h5-9H2,1-4H3,(H,13,14). The number of rotatable bonds is 5. The Balaban J connectivity index is 2.63. The van der Waals surface area contributed by atoms with Crippen molar-refractivity contribution in [2.24, 2.45) is 0 Å². The molecule has 0 bridgehead atoms. The molecule has 0 spiro atoms. The van der Waals surface area contributed by atoms with E-state index < -0.39 is 26.5 Å². The van der Waals surface area contributed by atoms with Crippen LogP contribution in [0.3, 0.4) is 0 Å². The normalized spacial score (nSPS) is 18.2. The van der Waals surface area contributed by atoms with Gasteiger partial charge < -0.3 is 4.74 Å². The Labute approximate surface area is 109 Å². The van der Waals surface area contributed by atoms with Crippen LogP contribution in [0.5, 0.6) is 0 Å². The summed E-state index contributed by atoms with van der Waals surface area (Å²) < 4.78 is 30.5. The number of nitrogens with one attached hydrogen (secondary N) is 1. The van der Waals surface area contributed by atoms with Crippen molar-refractivity contribution in [2.45, 2.75) is 70.1 Å². The summed E-state index contributed by atoms with van der Waals surface area (Å²) >= 11 is 0. The van der Waals surface area contributed by atoms with Crippen LogP contribution in [0.25, 0.3) is 0 Å². The van der Waals surface area contributed by atoms with E-state index in [0.717, 1.165) is 12.8 Å². The first-order valence-corrected chi connectivity index (χ1v) is 7.85. The fraction of sp³-hybridized carbons (Fsp3) is 0.917. The van der Waals surface area contributed by atoms with Crippen LogP contribution in [-0.2, 0) is 14.8 Å². The molecule has 0 aromatic carbocycles. The van der Waals surface area contributed by atoms with E-state index in [1.54, 1.807) is 20.8 Å². The van der Waals surface area contributed by atoms with Crippen LogP contribution in [-0.4, -0.2) is 24.9 Å². The van der Waals surface area contributed by atoms with Crippen molar-refractivity contribution in [3.8, 4) is 0 Å². The van der Waals surface area contributed by atoms with E-state index in [0.29, 0.717) is 19.3 Å². The molecule has 1 aliphatic rings. The number of carbonyl (C=O) groups excluding carboxylic acids is 1. The van der Waals surface area contributed by atoms with E-state index in [1.807, 2.05) is 11.6 Å². The first kappa shape index (κ1) is 15.3. The van der Waals surface area contributed by atoms with Crippen molar-refractivity contribution in [3.63, 3.8) is 0 Å². The van der Waals surface area contributed by atoms with Gasteiger partial charge in [0.15, 0.2) is 0 Å². The highest BCUT2D eigenvalue weighted by atomic mass is 32.2. The van der Waals surface area contributed by atoms with Crippen LogP contribution < -0.4 is 4.72 Å². The molecule has 18 heavy (non-hydrogen) atoms. The first-order chi connectivity index (χ1) is 8.12. The number of amides is 1. The second-order valence-electron chi connectivity index (χ2n) is 5.89. The van der Waals surface area contributed by atoms with Gasteiger partial charge >= 0.3 is 6.09 Å². The first-order valence-electron chi connectivity index (χ1n) is 6.37. The fourth-order valence-electron chi connectivity index (χ4n) is 1.81. The van der Waals surface area contributed by atoms with Crippen LogP contribution in [0.1, 0.15) is 59.8 Å². The third-order valence-corrected chi connectivity index (χ3v) is 5.17. The SMILES string of the molecule is CCCCC1(S(=O)(=O)NC(=O)OC(C)(C)C)CC1. The highest BCUT2D eigenvalue weighted by molar-refractivity contribution is 7.91. The van der Waals surface area contributed by atoms with E-state index in [9.17, 15) is 13.2 Å². The molecular formula is C12H23NO4S. The van der Waals surface area contributed by atoms with Gasteiger partial charge in [0.05, 0.1) is 4.75 Å². The molecule has 1 aliphatic carbocycles. The molecule has 0 aromatic rings. The molecule has 1 saturated carbocycles. The zero-order chi connectivity index (χ0) is 14.0. The lowest BCUT2D eigenvalue weighted by Gasteiger charge is -2.21. The predicted octanol–water partition coefficient (Wildman–Crippen LogP) is 2.56. The van der Waals surface area contributed by atoms with E-state index in [2.05, 4.69) is 0 Å². The van der Waals surface area contributed by atoms with Crippen molar-refractivity contribution >= 4 is 16.1 Å². The molecule has 106 valence electrons. The van der Waals surface area contributed by atoms with Gasteiger partial charge in [0.2, 0.25) is 10.0 Å². The Kier molecular flexibility index (Phi) is 4.30. The quantitative estimate of drug-likeness (QED) is 0.838. The number of ether oxygens (including phenoxy) is 1. The van der Waals surface area contributed by atoms with Crippen LogP contribution in [0, 0.1) is 0 Å². The molecule has 1 amide bonds. The number of hydrogen-bond donors (Lipinski definition) is 1. The molecule has 0 aliphatic heterocycles. The highest BCUT2D eigenvalue weighted by Gasteiger charge is 2.54. The Morgan fingerprint density at radius 3 is 2.28 bits per heavy atom. The molecule has 0 radical (unpaired) electrons. The molecule has 0 saturated heterocycles. The lowest BCUT2D eigenvalue weighted by atomic mass is 10.2. The van der Waals surface area contributed by atoms with Gasteiger partial charge in [-0.25, -0.2) is 17.9 Å². The van der Waals surface area contributed by atoms with Gasteiger partial charge in [0.1, 0.15) is 5.60 Å². The van der Waals surface area contributed by atoms with Gasteiger partial charge in [0, 0.05) is 0 Å². The van der Waals surface area contributed by atoms with Gasteiger partial charge in [-0.3, -0.25) is 0 Å². The summed E-state index contributed by atoms with van der Waals surface area (Å²) in [5, 5.41) is 0. The molecule has 0 atom stereocenters. The minimum atomic E-state index is -3.62. The van der Waals surface area contributed by atoms with Crippen molar-refractivity contribution in [1.82, 2.24) is 4.72 Å². The summed E-state index contributed by atoms with van der Waals surface area (Å²) in [4.78, 5) is 11.5. The molecule has 1 fully saturated rings. The maximum atomic E-state index is 12.1. The zero-order valence-electron chi connectivity index (χ0n) is 11.6. The lowest BCUT2D eigenvalue weighted by Crippen LogP contribution is -2.42. The Morgan fingerprint density at radius 2 is 1.89 bits per heavy atom. The summed E-state index contributed by atoms with van der Waals surface area (Å²) in [6.07, 6.45) is 2.79. The number of hydrogen-bond acceptors (Lipinski definition) is 4. The smallest absolute Gasteiger partial charge is 0.421 e. The molecular weight excluding hydrogens is 254 g/mol. The number of unbranched alkanes of at least 4 members (excludes halogenated alkanes) is 1. The average molecular weight is 277 g/mol. The van der Waals surface area contributed by atoms with Crippen LogP contribution >= 0.6 is 0 Å². The van der Waals surface area contributed by atoms with Crippen molar-refractivity contribution in [3.05, 3.63) is 0 Å². The van der Waals surface area contributed by atoms with Gasteiger partial charge in [0.25, 0.3) is 0 Å². The number of carbonyl (C=O) groups is 1. The minimum absolute atomic E-state index is 0.613. The van der Waals surface area contributed by atoms with E-state index >= 15 is 0 Å². The van der Waals surface area contributed by atoms with Crippen LogP contribution in [0.4, 0.5) is 4.79 Å². The van der Waals surface area contributed by atoms with Gasteiger partial charge in [-0.2, -0.15) is 0 Å². The average Bonchev–Trinajstić information content (AvgIpc) is 2.91. The molecule has 5 nitrogen and oxygen atoms in total. The molecule has 0 aromatic heterocycles. The Bertz CT molecular complexity index is 404. The van der Waals surface area contributed by atoms with Gasteiger partial charge in [-0.05, 0) is 40.0 Å². The maximum Gasteiger partial charge on any atom is 0.421 e. The second kappa shape index (κ2) is 5.07. The highest BCUT2D eigenvalue weighted by Crippen LogP contribution is 2.47. The summed E-state index contributed by atoms with van der Waals surface area (Å²) in [5.74, 6) is 0. The molecule has 0 heterocycles. The van der Waals surface area contributed by atoms with Gasteiger partial charge in [-0.1, -0.05) is 19.8 Å². The molecule has 0 unspecified atom stereocenters.